The standard InChI is InChI=1S/C27H30N4O8S/c1-15-19-13-28-26(34)20-12-18(30-40(3,35)36)14-31(20)25(33)9-5-16-4-7-21(32)23(10-16)39-24-11-17(27(29-19)38-15)6-8-22(24)37-2/h4,6-8,10-11,18,20,30,32H,5,9,12-14H2,1-3H3,(H,28,34)/t18-,20-/m0/s1. The van der Waals surface area contributed by atoms with E-state index in [1.54, 1.807) is 37.3 Å². The fourth-order valence-corrected chi connectivity index (χ4v) is 5.73. The van der Waals surface area contributed by atoms with Crippen LogP contribution < -0.4 is 19.5 Å². The van der Waals surface area contributed by atoms with Crippen molar-refractivity contribution in [3.63, 3.8) is 0 Å². The molecule has 0 saturated carbocycles. The number of rotatable bonds is 3. The molecule has 2 aromatic carbocycles. The molecule has 3 N–H and O–H groups in total. The summed E-state index contributed by atoms with van der Waals surface area (Å²) in [6, 6.07) is 8.46. The number of oxazole rings is 1. The Morgan fingerprint density at radius 3 is 2.70 bits per heavy atom. The number of carbonyl (C=O) groups is 2. The van der Waals surface area contributed by atoms with Crippen LogP contribution in [0.2, 0.25) is 0 Å². The van der Waals surface area contributed by atoms with Gasteiger partial charge < -0.3 is 29.2 Å². The topological polar surface area (TPSA) is 160 Å². The molecule has 1 aromatic heterocycles. The Kier molecular flexibility index (Phi) is 7.43. The Hall–Kier alpha value is -4.10. The molecular weight excluding hydrogens is 540 g/mol. The van der Waals surface area contributed by atoms with Crippen molar-refractivity contribution in [2.24, 2.45) is 0 Å². The van der Waals surface area contributed by atoms with Gasteiger partial charge in [-0.1, -0.05) is 6.07 Å². The Morgan fingerprint density at radius 2 is 1.95 bits per heavy atom. The summed E-state index contributed by atoms with van der Waals surface area (Å²) in [7, 11) is -2.04. The van der Waals surface area contributed by atoms with Crippen LogP contribution in [0.3, 0.4) is 0 Å². The minimum Gasteiger partial charge on any atom is -0.504 e. The van der Waals surface area contributed by atoms with E-state index in [-0.39, 0.29) is 43.3 Å². The van der Waals surface area contributed by atoms with Crippen LogP contribution in [0.25, 0.3) is 11.5 Å². The smallest absolute Gasteiger partial charge is 0.243 e. The lowest BCUT2D eigenvalue weighted by Crippen LogP contribution is -2.46. The average molecular weight is 571 g/mol. The molecule has 12 nitrogen and oxygen atoms in total. The minimum atomic E-state index is -3.54. The lowest BCUT2D eigenvalue weighted by molar-refractivity contribution is -0.138. The third-order valence-corrected chi connectivity index (χ3v) is 7.67. The van der Waals surface area contributed by atoms with Crippen LogP contribution in [-0.2, 0) is 32.6 Å². The van der Waals surface area contributed by atoms with Gasteiger partial charge in [-0.05, 0) is 55.7 Å². The summed E-state index contributed by atoms with van der Waals surface area (Å²) in [6.45, 7) is 1.84. The van der Waals surface area contributed by atoms with Crippen molar-refractivity contribution in [1.82, 2.24) is 19.9 Å². The molecular formula is C27H30N4O8S. The maximum atomic E-state index is 13.3. The number of phenolic OH excluding ortho intramolecular Hbond substituents is 1. The van der Waals surface area contributed by atoms with Crippen molar-refractivity contribution in [3.05, 3.63) is 53.4 Å². The van der Waals surface area contributed by atoms with Gasteiger partial charge in [0.1, 0.15) is 17.5 Å². The molecule has 6 bridgehead atoms. The molecule has 5 rings (SSSR count). The summed E-state index contributed by atoms with van der Waals surface area (Å²) in [4.78, 5) is 32.5. The van der Waals surface area contributed by atoms with E-state index in [0.717, 1.165) is 11.8 Å². The fourth-order valence-electron chi connectivity index (χ4n) is 4.95. The van der Waals surface area contributed by atoms with Gasteiger partial charge in [0.2, 0.25) is 27.7 Å². The van der Waals surface area contributed by atoms with Crippen molar-refractivity contribution in [1.29, 1.82) is 0 Å². The second-order valence-corrected chi connectivity index (χ2v) is 11.7. The third-order valence-electron chi connectivity index (χ3n) is 6.91. The van der Waals surface area contributed by atoms with Gasteiger partial charge in [-0.3, -0.25) is 9.59 Å². The zero-order chi connectivity index (χ0) is 28.6. The number of phenols is 1. The van der Waals surface area contributed by atoms with Crippen LogP contribution >= 0.6 is 0 Å². The van der Waals surface area contributed by atoms with E-state index in [4.69, 9.17) is 13.9 Å². The van der Waals surface area contributed by atoms with Crippen molar-refractivity contribution < 1.29 is 37.0 Å². The maximum absolute atomic E-state index is 13.3. The molecule has 212 valence electrons. The van der Waals surface area contributed by atoms with Crippen LogP contribution in [0.1, 0.15) is 29.9 Å². The molecule has 3 heterocycles. The molecule has 40 heavy (non-hydrogen) atoms. The van der Waals surface area contributed by atoms with Gasteiger partial charge in [0.05, 0.1) is 19.9 Å². The number of nitrogens with zero attached hydrogens (tertiary/aromatic N) is 2. The first kappa shape index (κ1) is 27.5. The average Bonchev–Trinajstić information content (AvgIpc) is 3.49. The van der Waals surface area contributed by atoms with Gasteiger partial charge in [0.15, 0.2) is 23.0 Å². The highest BCUT2D eigenvalue weighted by molar-refractivity contribution is 7.88. The van der Waals surface area contributed by atoms with E-state index >= 15 is 0 Å². The monoisotopic (exact) mass is 570 g/mol. The highest BCUT2D eigenvalue weighted by Gasteiger charge is 2.40. The number of amides is 2. The lowest BCUT2D eigenvalue weighted by atomic mass is 10.1. The molecule has 3 aromatic rings. The highest BCUT2D eigenvalue weighted by atomic mass is 32.2. The molecule has 2 aliphatic rings. The predicted octanol–water partition coefficient (Wildman–Crippen LogP) is 2.24. The molecule has 0 aliphatic carbocycles. The number of methoxy groups -OCH3 is 1. The molecule has 1 saturated heterocycles. The predicted molar refractivity (Wildman–Crippen MR) is 143 cm³/mol. The first-order chi connectivity index (χ1) is 19.0. The summed E-state index contributed by atoms with van der Waals surface area (Å²) >= 11 is 0. The SMILES string of the molecule is COc1ccc2cc1Oc1cc(ccc1O)CCC(=O)N1C[C@@H](NS(C)(=O)=O)C[C@H]1C(=O)NCc1nc-2oc1C. The number of aromatic hydroxyl groups is 1. The van der Waals surface area contributed by atoms with Crippen LogP contribution in [0.4, 0.5) is 0 Å². The second-order valence-electron chi connectivity index (χ2n) is 9.89. The molecule has 1 fully saturated rings. The number of benzene rings is 2. The molecule has 2 aliphatic heterocycles. The number of aromatic nitrogens is 1. The lowest BCUT2D eigenvalue weighted by Gasteiger charge is -2.24. The van der Waals surface area contributed by atoms with Gasteiger partial charge in [-0.25, -0.2) is 18.1 Å². The number of aryl methyl sites for hydroxylation is 2. The Morgan fingerprint density at radius 1 is 1.15 bits per heavy atom. The number of hydrogen-bond acceptors (Lipinski definition) is 9. The summed E-state index contributed by atoms with van der Waals surface area (Å²) in [5, 5.41) is 13.3. The zero-order valence-electron chi connectivity index (χ0n) is 22.3. The summed E-state index contributed by atoms with van der Waals surface area (Å²) < 4.78 is 43.6. The van der Waals surface area contributed by atoms with Gasteiger partial charge in [-0.15, -0.1) is 0 Å². The summed E-state index contributed by atoms with van der Waals surface area (Å²) in [6.07, 6.45) is 1.54. The summed E-state index contributed by atoms with van der Waals surface area (Å²) in [5.74, 6) is 0.883. The quantitative estimate of drug-likeness (QED) is 0.429. The van der Waals surface area contributed by atoms with Crippen molar-refractivity contribution in [3.8, 4) is 34.5 Å². The number of ether oxygens (including phenoxy) is 2. The number of hydrogen-bond donors (Lipinski definition) is 3. The Labute approximate surface area is 231 Å². The molecule has 0 spiro atoms. The Balaban J connectivity index is 1.53. The normalized spacial score (nSPS) is 19.7. The number of nitrogens with one attached hydrogen (secondary N) is 2. The van der Waals surface area contributed by atoms with Gasteiger partial charge in [0.25, 0.3) is 0 Å². The van der Waals surface area contributed by atoms with Crippen molar-refractivity contribution in [2.75, 3.05) is 19.9 Å². The first-order valence-corrected chi connectivity index (χ1v) is 14.6. The molecule has 2 atom stereocenters. The van der Waals surface area contributed by atoms with Gasteiger partial charge >= 0.3 is 0 Å². The zero-order valence-corrected chi connectivity index (χ0v) is 23.1. The van der Waals surface area contributed by atoms with Crippen LogP contribution in [0.15, 0.2) is 40.8 Å². The number of sulfonamides is 1. The van der Waals surface area contributed by atoms with Crippen LogP contribution in [-0.4, -0.2) is 67.2 Å². The summed E-state index contributed by atoms with van der Waals surface area (Å²) in [5.41, 5.74) is 1.81. The molecule has 2 amide bonds. The largest absolute Gasteiger partial charge is 0.504 e. The number of fused-ring (bicyclic) bond motifs is 8. The van der Waals surface area contributed by atoms with E-state index in [0.29, 0.717) is 40.8 Å². The fraction of sp³-hybridized carbons (Fsp3) is 0.370. The Bertz CT molecular complexity index is 1570. The first-order valence-electron chi connectivity index (χ1n) is 12.7. The van der Waals surface area contributed by atoms with E-state index in [2.05, 4.69) is 15.0 Å². The minimum absolute atomic E-state index is 0.0504. The van der Waals surface area contributed by atoms with E-state index < -0.39 is 28.0 Å². The third kappa shape index (κ3) is 5.89. The van der Waals surface area contributed by atoms with Gasteiger partial charge in [0, 0.05) is 24.6 Å². The molecule has 0 radical (unpaired) electrons. The van der Waals surface area contributed by atoms with E-state index in [9.17, 15) is 23.1 Å². The number of carbonyl (C=O) groups excluding carboxylic acids is 2. The van der Waals surface area contributed by atoms with Gasteiger partial charge in [-0.2, -0.15) is 0 Å². The van der Waals surface area contributed by atoms with Crippen LogP contribution in [0, 0.1) is 6.92 Å². The van der Waals surface area contributed by atoms with Crippen LogP contribution in [0.5, 0.6) is 23.0 Å². The van der Waals surface area contributed by atoms with Crippen molar-refractivity contribution >= 4 is 21.8 Å². The highest BCUT2D eigenvalue weighted by Crippen LogP contribution is 2.39. The molecule has 13 heteroatoms. The van der Waals surface area contributed by atoms with Crippen molar-refractivity contribution in [2.45, 2.75) is 44.8 Å². The second kappa shape index (κ2) is 10.8. The maximum Gasteiger partial charge on any atom is 0.243 e. The molecule has 0 unspecified atom stereocenters. The van der Waals surface area contributed by atoms with E-state index in [1.165, 1.54) is 18.1 Å². The van der Waals surface area contributed by atoms with E-state index in [1.807, 2.05) is 0 Å².